The third kappa shape index (κ3) is 3.49. The second-order valence-electron chi connectivity index (χ2n) is 5.42. The molecule has 0 bridgehead atoms. The Balaban J connectivity index is 2.47. The Hall–Kier alpha value is -0.570. The Kier molecular flexibility index (Phi) is 4.14. The number of rotatable bonds is 4. The molecule has 0 aliphatic carbocycles. The normalized spacial score (nSPS) is 17.5. The molecule has 15 heavy (non-hydrogen) atoms. The molecule has 3 heteroatoms. The Morgan fingerprint density at radius 1 is 1.33 bits per heavy atom. The minimum Gasteiger partial charge on any atom is -0.342 e. The molecule has 1 aliphatic rings. The molecule has 1 fully saturated rings. The van der Waals surface area contributed by atoms with Crippen LogP contribution < -0.4 is 5.32 Å². The van der Waals surface area contributed by atoms with Crippen LogP contribution in [-0.4, -0.2) is 36.5 Å². The fraction of sp³-hybridized carbons (Fsp3) is 0.917. The Labute approximate surface area is 93.2 Å². The molecule has 0 aromatic heterocycles. The lowest BCUT2D eigenvalue weighted by atomic mass is 9.91. The predicted octanol–water partition coefficient (Wildman–Crippen LogP) is 1.63. The molecule has 0 spiro atoms. The van der Waals surface area contributed by atoms with E-state index in [9.17, 15) is 4.79 Å². The third-order valence-corrected chi connectivity index (χ3v) is 2.92. The first-order valence-corrected chi connectivity index (χ1v) is 5.96. The average molecular weight is 212 g/mol. The molecule has 1 aliphatic heterocycles. The molecular formula is C12H24N2O. The molecule has 3 nitrogen and oxygen atoms in total. The summed E-state index contributed by atoms with van der Waals surface area (Å²) >= 11 is 0. The first-order chi connectivity index (χ1) is 6.93. The van der Waals surface area contributed by atoms with Crippen molar-refractivity contribution >= 4 is 5.91 Å². The summed E-state index contributed by atoms with van der Waals surface area (Å²) in [5.74, 6) is 0.299. The van der Waals surface area contributed by atoms with Crippen molar-refractivity contribution in [3.05, 3.63) is 0 Å². The maximum atomic E-state index is 12.2. The number of hydrogen-bond acceptors (Lipinski definition) is 2. The van der Waals surface area contributed by atoms with Crippen molar-refractivity contribution in [1.29, 1.82) is 0 Å². The lowest BCUT2D eigenvalue weighted by molar-refractivity contribution is -0.139. The quantitative estimate of drug-likeness (QED) is 0.768. The van der Waals surface area contributed by atoms with Gasteiger partial charge in [-0.2, -0.15) is 0 Å². The van der Waals surface area contributed by atoms with Gasteiger partial charge in [-0.25, -0.2) is 0 Å². The van der Waals surface area contributed by atoms with Gasteiger partial charge in [0.05, 0.1) is 5.41 Å². The van der Waals surface area contributed by atoms with Gasteiger partial charge in [-0.05, 0) is 26.7 Å². The highest BCUT2D eigenvalue weighted by molar-refractivity contribution is 5.82. The number of likely N-dealkylation sites (tertiary alicyclic amines) is 1. The number of carbonyl (C=O) groups is 1. The maximum absolute atomic E-state index is 12.2. The van der Waals surface area contributed by atoms with Gasteiger partial charge in [-0.3, -0.25) is 4.79 Å². The zero-order chi connectivity index (χ0) is 11.5. The smallest absolute Gasteiger partial charge is 0.229 e. The van der Waals surface area contributed by atoms with Crippen LogP contribution in [-0.2, 0) is 4.79 Å². The predicted molar refractivity (Wildman–Crippen MR) is 62.7 cm³/mol. The van der Waals surface area contributed by atoms with E-state index in [2.05, 4.69) is 19.2 Å². The van der Waals surface area contributed by atoms with Crippen molar-refractivity contribution in [2.45, 2.75) is 46.6 Å². The highest BCUT2D eigenvalue weighted by Crippen LogP contribution is 2.21. The zero-order valence-electron chi connectivity index (χ0n) is 10.5. The molecular weight excluding hydrogens is 188 g/mol. The van der Waals surface area contributed by atoms with Crippen molar-refractivity contribution in [3.8, 4) is 0 Å². The van der Waals surface area contributed by atoms with Gasteiger partial charge >= 0.3 is 0 Å². The Bertz CT molecular complexity index is 218. The lowest BCUT2D eigenvalue weighted by Gasteiger charge is -2.30. The highest BCUT2D eigenvalue weighted by Gasteiger charge is 2.32. The van der Waals surface area contributed by atoms with Gasteiger partial charge in [-0.1, -0.05) is 13.8 Å². The van der Waals surface area contributed by atoms with Crippen molar-refractivity contribution in [3.63, 3.8) is 0 Å². The topological polar surface area (TPSA) is 32.3 Å². The Morgan fingerprint density at radius 3 is 2.33 bits per heavy atom. The van der Waals surface area contributed by atoms with Gasteiger partial charge in [0.2, 0.25) is 5.91 Å². The van der Waals surface area contributed by atoms with Gasteiger partial charge in [0.25, 0.3) is 0 Å². The molecule has 88 valence electrons. The molecule has 1 saturated heterocycles. The van der Waals surface area contributed by atoms with Gasteiger partial charge in [0, 0.05) is 25.7 Å². The molecule has 0 atom stereocenters. The molecule has 1 rings (SSSR count). The summed E-state index contributed by atoms with van der Waals surface area (Å²) in [7, 11) is 0. The maximum Gasteiger partial charge on any atom is 0.229 e. The van der Waals surface area contributed by atoms with Crippen molar-refractivity contribution in [2.75, 3.05) is 19.6 Å². The molecule has 0 aromatic carbocycles. The van der Waals surface area contributed by atoms with Gasteiger partial charge in [0.15, 0.2) is 0 Å². The largest absolute Gasteiger partial charge is 0.342 e. The molecule has 1 N–H and O–H groups in total. The number of amides is 1. The van der Waals surface area contributed by atoms with Crippen LogP contribution in [0.2, 0.25) is 0 Å². The summed E-state index contributed by atoms with van der Waals surface area (Å²) in [5.41, 5.74) is -0.269. The van der Waals surface area contributed by atoms with E-state index in [0.717, 1.165) is 19.6 Å². The monoisotopic (exact) mass is 212 g/mol. The molecule has 0 saturated carbocycles. The van der Waals surface area contributed by atoms with E-state index in [4.69, 9.17) is 0 Å². The minimum absolute atomic E-state index is 0.269. The minimum atomic E-state index is -0.269. The number of nitrogens with zero attached hydrogens (tertiary/aromatic N) is 1. The van der Waals surface area contributed by atoms with E-state index >= 15 is 0 Å². The van der Waals surface area contributed by atoms with E-state index in [1.54, 1.807) is 0 Å². The first kappa shape index (κ1) is 12.5. The summed E-state index contributed by atoms with van der Waals surface area (Å²) in [4.78, 5) is 14.2. The van der Waals surface area contributed by atoms with Gasteiger partial charge < -0.3 is 10.2 Å². The molecule has 1 heterocycles. The lowest BCUT2D eigenvalue weighted by Crippen LogP contribution is -2.46. The van der Waals surface area contributed by atoms with Crippen LogP contribution in [0, 0.1) is 5.41 Å². The summed E-state index contributed by atoms with van der Waals surface area (Å²) in [6.07, 6.45) is 2.33. The number of hydrogen-bond donors (Lipinski definition) is 1. The second-order valence-corrected chi connectivity index (χ2v) is 5.42. The summed E-state index contributed by atoms with van der Waals surface area (Å²) in [6, 6.07) is 0.440. The van der Waals surface area contributed by atoms with Gasteiger partial charge in [0.1, 0.15) is 0 Å². The summed E-state index contributed by atoms with van der Waals surface area (Å²) in [5, 5.41) is 3.34. The van der Waals surface area contributed by atoms with Crippen molar-refractivity contribution in [2.24, 2.45) is 5.41 Å². The van der Waals surface area contributed by atoms with Crippen LogP contribution in [0.1, 0.15) is 40.5 Å². The Morgan fingerprint density at radius 2 is 1.87 bits per heavy atom. The van der Waals surface area contributed by atoms with Crippen LogP contribution in [0.5, 0.6) is 0 Å². The second kappa shape index (κ2) is 4.97. The SMILES string of the molecule is CC(C)NCC(C)(C)C(=O)N1CCCC1. The van der Waals surface area contributed by atoms with Crippen molar-refractivity contribution < 1.29 is 4.79 Å². The zero-order valence-corrected chi connectivity index (χ0v) is 10.5. The van der Waals surface area contributed by atoms with Crippen molar-refractivity contribution in [1.82, 2.24) is 10.2 Å². The number of nitrogens with one attached hydrogen (secondary N) is 1. The highest BCUT2D eigenvalue weighted by atomic mass is 16.2. The van der Waals surface area contributed by atoms with E-state index in [1.807, 2.05) is 18.7 Å². The first-order valence-electron chi connectivity index (χ1n) is 5.96. The average Bonchev–Trinajstić information content (AvgIpc) is 2.66. The summed E-state index contributed by atoms with van der Waals surface area (Å²) < 4.78 is 0. The fourth-order valence-corrected chi connectivity index (χ4v) is 1.88. The van der Waals surface area contributed by atoms with Gasteiger partial charge in [-0.15, -0.1) is 0 Å². The summed E-state index contributed by atoms with van der Waals surface area (Å²) in [6.45, 7) is 10.9. The van der Waals surface area contributed by atoms with Crippen LogP contribution >= 0.6 is 0 Å². The van der Waals surface area contributed by atoms with E-state index in [1.165, 1.54) is 12.8 Å². The molecule has 0 radical (unpaired) electrons. The number of carbonyl (C=O) groups excluding carboxylic acids is 1. The molecule has 0 unspecified atom stereocenters. The third-order valence-electron chi connectivity index (χ3n) is 2.92. The van der Waals surface area contributed by atoms with E-state index in [0.29, 0.717) is 11.9 Å². The molecule has 0 aromatic rings. The fourth-order valence-electron chi connectivity index (χ4n) is 1.88. The van der Waals surface area contributed by atoms with E-state index in [-0.39, 0.29) is 5.41 Å². The van der Waals surface area contributed by atoms with Crippen LogP contribution in [0.3, 0.4) is 0 Å². The van der Waals surface area contributed by atoms with Crippen LogP contribution in [0.15, 0.2) is 0 Å². The van der Waals surface area contributed by atoms with Crippen LogP contribution in [0.25, 0.3) is 0 Å². The standard InChI is InChI=1S/C12H24N2O/c1-10(2)13-9-12(3,4)11(15)14-7-5-6-8-14/h10,13H,5-9H2,1-4H3. The van der Waals surface area contributed by atoms with E-state index < -0.39 is 0 Å². The van der Waals surface area contributed by atoms with Crippen LogP contribution in [0.4, 0.5) is 0 Å². The molecule has 1 amide bonds.